The van der Waals surface area contributed by atoms with Crippen LogP contribution in [0.2, 0.25) is 0 Å². The lowest BCUT2D eigenvalue weighted by molar-refractivity contribution is 0.0925. The molecule has 2 aromatic heterocycles. The molecular formula is C28H34N4O2S. The second-order valence-electron chi connectivity index (χ2n) is 9.50. The number of carbonyl (C=O) groups is 1. The fourth-order valence-corrected chi connectivity index (χ4v) is 6.20. The van der Waals surface area contributed by atoms with Crippen LogP contribution in [0.25, 0.3) is 26.4 Å². The van der Waals surface area contributed by atoms with Crippen LogP contribution in [0.5, 0.6) is 5.75 Å². The van der Waals surface area contributed by atoms with Crippen molar-refractivity contribution >= 4 is 32.4 Å². The van der Waals surface area contributed by atoms with Crippen LogP contribution in [0.3, 0.4) is 0 Å². The first kappa shape index (κ1) is 23.8. The molecule has 1 amide bonds. The van der Waals surface area contributed by atoms with Crippen molar-refractivity contribution in [3.8, 4) is 17.0 Å². The summed E-state index contributed by atoms with van der Waals surface area (Å²) in [6, 6.07) is 15.2. The summed E-state index contributed by atoms with van der Waals surface area (Å²) in [5.41, 5.74) is 3.76. The van der Waals surface area contributed by atoms with Gasteiger partial charge in [0.15, 0.2) is 4.96 Å². The number of ether oxygens (including phenoxy) is 1. The molecule has 2 aromatic carbocycles. The van der Waals surface area contributed by atoms with E-state index in [2.05, 4.69) is 34.7 Å². The predicted molar refractivity (Wildman–Crippen MR) is 144 cm³/mol. The summed E-state index contributed by atoms with van der Waals surface area (Å²) in [6.45, 7) is 9.02. The topological polar surface area (TPSA) is 58.9 Å². The number of carbonyl (C=O) groups excluding carboxylic acids is 1. The number of likely N-dealkylation sites (tertiary alicyclic amines) is 1. The molecule has 2 atom stereocenters. The van der Waals surface area contributed by atoms with Gasteiger partial charge in [-0.3, -0.25) is 14.1 Å². The van der Waals surface area contributed by atoms with Gasteiger partial charge in [0.05, 0.1) is 22.5 Å². The van der Waals surface area contributed by atoms with Gasteiger partial charge in [0.1, 0.15) is 5.75 Å². The van der Waals surface area contributed by atoms with E-state index in [1.165, 1.54) is 19.3 Å². The van der Waals surface area contributed by atoms with Crippen molar-refractivity contribution in [3.05, 3.63) is 54.2 Å². The van der Waals surface area contributed by atoms with Gasteiger partial charge in [-0.25, -0.2) is 4.98 Å². The number of piperidine rings is 1. The number of aromatic nitrogens is 2. The number of amides is 1. The molecule has 0 unspecified atom stereocenters. The highest BCUT2D eigenvalue weighted by Gasteiger charge is 2.23. The van der Waals surface area contributed by atoms with Gasteiger partial charge in [-0.2, -0.15) is 0 Å². The minimum absolute atomic E-state index is 0.00671. The van der Waals surface area contributed by atoms with Crippen LogP contribution < -0.4 is 10.1 Å². The lowest BCUT2D eigenvalue weighted by atomic mass is 9.97. The van der Waals surface area contributed by atoms with E-state index >= 15 is 0 Å². The molecule has 1 fully saturated rings. The summed E-state index contributed by atoms with van der Waals surface area (Å²) in [5.74, 6) is 0.858. The van der Waals surface area contributed by atoms with Gasteiger partial charge in [-0.05, 0) is 82.5 Å². The molecule has 5 rings (SSSR count). The summed E-state index contributed by atoms with van der Waals surface area (Å²) in [4.78, 5) is 21.1. The minimum atomic E-state index is -0.00671. The molecular weight excluding hydrogens is 456 g/mol. The molecule has 1 aliphatic rings. The molecule has 0 aliphatic carbocycles. The quantitative estimate of drug-likeness (QED) is 0.308. The Labute approximate surface area is 210 Å². The zero-order valence-electron chi connectivity index (χ0n) is 20.8. The van der Waals surface area contributed by atoms with Crippen molar-refractivity contribution in [2.45, 2.75) is 58.5 Å². The standard InChI is InChI=1S/C28H34N4O2S/c1-4-34-23-12-9-21(10-13-23)24-18-32-25-14-11-22(17-26(25)35-28(32)30-24)27(33)29-15-6-16-31-19(2)7-5-8-20(31)3/h9-14,17-20H,4-8,15-16H2,1-3H3,(H,29,33)/t19-,20-/m0/s1. The summed E-state index contributed by atoms with van der Waals surface area (Å²) in [6.07, 6.45) is 6.93. The Bertz CT molecular complexity index is 1300. The SMILES string of the molecule is CCOc1ccc(-c2cn3c(n2)sc2cc(C(=O)NCCCN4[C@@H](C)CCC[C@@H]4C)ccc23)cc1. The molecule has 1 saturated heterocycles. The first-order chi connectivity index (χ1) is 17.0. The van der Waals surface area contributed by atoms with Gasteiger partial charge in [0.25, 0.3) is 5.91 Å². The molecule has 3 heterocycles. The number of imidazole rings is 1. The highest BCUT2D eigenvalue weighted by atomic mass is 32.1. The highest BCUT2D eigenvalue weighted by molar-refractivity contribution is 7.23. The molecule has 7 heteroatoms. The molecule has 0 bridgehead atoms. The van der Waals surface area contributed by atoms with Crippen molar-refractivity contribution in [1.29, 1.82) is 0 Å². The van der Waals surface area contributed by atoms with E-state index in [1.54, 1.807) is 11.3 Å². The van der Waals surface area contributed by atoms with E-state index in [0.717, 1.165) is 45.1 Å². The van der Waals surface area contributed by atoms with E-state index in [9.17, 15) is 4.79 Å². The first-order valence-electron chi connectivity index (χ1n) is 12.7. The van der Waals surface area contributed by atoms with Crippen molar-refractivity contribution in [1.82, 2.24) is 19.6 Å². The number of rotatable bonds is 8. The lowest BCUT2D eigenvalue weighted by Gasteiger charge is -2.39. The summed E-state index contributed by atoms with van der Waals surface area (Å²) in [7, 11) is 0. The fraction of sp³-hybridized carbons (Fsp3) is 0.429. The smallest absolute Gasteiger partial charge is 0.251 e. The Kier molecular flexibility index (Phi) is 7.07. The zero-order chi connectivity index (χ0) is 24.4. The third kappa shape index (κ3) is 5.07. The number of fused-ring (bicyclic) bond motifs is 3. The van der Waals surface area contributed by atoms with Gasteiger partial charge in [0, 0.05) is 42.5 Å². The minimum Gasteiger partial charge on any atom is -0.494 e. The van der Waals surface area contributed by atoms with Crippen LogP contribution in [0.1, 0.15) is 56.8 Å². The molecule has 184 valence electrons. The van der Waals surface area contributed by atoms with Crippen molar-refractivity contribution < 1.29 is 9.53 Å². The maximum Gasteiger partial charge on any atom is 0.251 e. The Morgan fingerprint density at radius 3 is 2.66 bits per heavy atom. The van der Waals surface area contributed by atoms with Gasteiger partial charge in [-0.15, -0.1) is 0 Å². The predicted octanol–water partition coefficient (Wildman–Crippen LogP) is 6.00. The zero-order valence-corrected chi connectivity index (χ0v) is 21.6. The van der Waals surface area contributed by atoms with Crippen LogP contribution in [0, 0.1) is 0 Å². The van der Waals surface area contributed by atoms with Gasteiger partial charge in [0.2, 0.25) is 0 Å². The number of nitrogens with one attached hydrogen (secondary N) is 1. The molecule has 0 saturated carbocycles. The van der Waals surface area contributed by atoms with Crippen LogP contribution >= 0.6 is 11.3 Å². The Hall–Kier alpha value is -2.90. The highest BCUT2D eigenvalue weighted by Crippen LogP contribution is 2.31. The van der Waals surface area contributed by atoms with Crippen LogP contribution in [-0.4, -0.2) is 52.0 Å². The molecule has 1 N–H and O–H groups in total. The maximum atomic E-state index is 12.8. The molecule has 35 heavy (non-hydrogen) atoms. The average Bonchev–Trinajstić information content (AvgIpc) is 3.41. The number of hydrogen-bond donors (Lipinski definition) is 1. The second kappa shape index (κ2) is 10.4. The monoisotopic (exact) mass is 490 g/mol. The number of benzene rings is 2. The molecule has 0 radical (unpaired) electrons. The molecule has 1 aliphatic heterocycles. The van der Waals surface area contributed by atoms with E-state index in [1.807, 2.05) is 49.4 Å². The van der Waals surface area contributed by atoms with Crippen molar-refractivity contribution in [2.24, 2.45) is 0 Å². The maximum absolute atomic E-state index is 12.8. The summed E-state index contributed by atoms with van der Waals surface area (Å²) in [5, 5.41) is 3.11. The van der Waals surface area contributed by atoms with Crippen molar-refractivity contribution in [2.75, 3.05) is 19.7 Å². The number of thiazole rings is 1. The summed E-state index contributed by atoms with van der Waals surface area (Å²) >= 11 is 1.61. The van der Waals surface area contributed by atoms with E-state index in [0.29, 0.717) is 30.8 Å². The van der Waals surface area contributed by atoms with Gasteiger partial charge < -0.3 is 10.1 Å². The number of hydrogen-bond acceptors (Lipinski definition) is 5. The number of nitrogens with zero attached hydrogens (tertiary/aromatic N) is 3. The largest absolute Gasteiger partial charge is 0.494 e. The molecule has 0 spiro atoms. The van der Waals surface area contributed by atoms with E-state index in [4.69, 9.17) is 9.72 Å². The third-order valence-electron chi connectivity index (χ3n) is 7.07. The average molecular weight is 491 g/mol. The lowest BCUT2D eigenvalue weighted by Crippen LogP contribution is -2.44. The van der Waals surface area contributed by atoms with E-state index in [-0.39, 0.29) is 5.91 Å². The van der Waals surface area contributed by atoms with Gasteiger partial charge >= 0.3 is 0 Å². The summed E-state index contributed by atoms with van der Waals surface area (Å²) < 4.78 is 8.71. The third-order valence-corrected chi connectivity index (χ3v) is 8.09. The molecule has 4 aromatic rings. The Morgan fingerprint density at radius 1 is 1.14 bits per heavy atom. The Morgan fingerprint density at radius 2 is 1.91 bits per heavy atom. The first-order valence-corrected chi connectivity index (χ1v) is 13.5. The van der Waals surface area contributed by atoms with Crippen molar-refractivity contribution in [3.63, 3.8) is 0 Å². The van der Waals surface area contributed by atoms with Crippen LogP contribution in [0.4, 0.5) is 0 Å². The second-order valence-corrected chi connectivity index (χ2v) is 10.5. The normalized spacial score (nSPS) is 18.8. The van der Waals surface area contributed by atoms with Crippen LogP contribution in [0.15, 0.2) is 48.7 Å². The van der Waals surface area contributed by atoms with Gasteiger partial charge in [-0.1, -0.05) is 17.8 Å². The van der Waals surface area contributed by atoms with E-state index < -0.39 is 0 Å². The Balaban J connectivity index is 1.23. The molecule has 6 nitrogen and oxygen atoms in total. The fourth-order valence-electron chi connectivity index (χ4n) is 5.15. The van der Waals surface area contributed by atoms with Crippen LogP contribution in [-0.2, 0) is 0 Å².